The van der Waals surface area contributed by atoms with Crippen LogP contribution in [0.25, 0.3) is 22.3 Å². The van der Waals surface area contributed by atoms with Crippen LogP contribution in [0.4, 0.5) is 0 Å². The van der Waals surface area contributed by atoms with Crippen LogP contribution in [0.15, 0.2) is 21.3 Å². The van der Waals surface area contributed by atoms with Crippen LogP contribution < -0.4 is 5.43 Å². The molecule has 0 amide bonds. The van der Waals surface area contributed by atoms with E-state index in [1.807, 2.05) is 32.9 Å². The summed E-state index contributed by atoms with van der Waals surface area (Å²) in [5.74, 6) is 1.03. The smallest absolute Gasteiger partial charge is 0.188 e. The third kappa shape index (κ3) is 2.28. The maximum absolute atomic E-state index is 12.4. The zero-order valence-electron chi connectivity index (χ0n) is 15.2. The molecule has 1 aliphatic carbocycles. The summed E-state index contributed by atoms with van der Waals surface area (Å²) >= 11 is 0. The van der Waals surface area contributed by atoms with E-state index in [1.54, 1.807) is 6.92 Å². The monoisotopic (exact) mass is 338 g/mol. The summed E-state index contributed by atoms with van der Waals surface area (Å²) in [5, 5.41) is 11.3. The average Bonchev–Trinajstić information content (AvgIpc) is 3.41. The quantitative estimate of drug-likeness (QED) is 0.558. The first-order valence-electron chi connectivity index (χ1n) is 8.62. The summed E-state index contributed by atoms with van der Waals surface area (Å²) in [5.41, 5.74) is 5.60. The number of phenolic OH excluding ortho intramolecular Hbond substituents is 1. The van der Waals surface area contributed by atoms with Gasteiger partial charge in [0.15, 0.2) is 5.43 Å². The van der Waals surface area contributed by atoms with Crippen molar-refractivity contribution in [2.45, 2.75) is 46.6 Å². The number of benzene rings is 2. The maximum atomic E-state index is 12.4. The largest absolute Gasteiger partial charge is 0.507 e. The van der Waals surface area contributed by atoms with E-state index < -0.39 is 0 Å². The number of aryl methyl sites for hydroxylation is 3. The van der Waals surface area contributed by atoms with Gasteiger partial charge in [-0.1, -0.05) is 6.92 Å². The standard InChI is InChI=1S/C21H22O4/c1-9-6-14-17(11(3)16-8-24-16)15-7-10(2)19(23)13(5)21(15)25-20(14)12(4)18(9)22/h6-7,11,16,22H,8H2,1-5H3. The Labute approximate surface area is 146 Å². The Balaban J connectivity index is 2.24. The fourth-order valence-electron chi connectivity index (χ4n) is 3.84. The van der Waals surface area contributed by atoms with Gasteiger partial charge in [-0.25, -0.2) is 0 Å². The van der Waals surface area contributed by atoms with Crippen LogP contribution in [-0.2, 0) is 4.74 Å². The van der Waals surface area contributed by atoms with Gasteiger partial charge in [-0.2, -0.15) is 0 Å². The molecular weight excluding hydrogens is 316 g/mol. The lowest BCUT2D eigenvalue weighted by Gasteiger charge is -2.22. The first kappa shape index (κ1) is 16.2. The Morgan fingerprint density at radius 3 is 2.44 bits per heavy atom. The van der Waals surface area contributed by atoms with E-state index in [4.69, 9.17) is 9.15 Å². The van der Waals surface area contributed by atoms with Crippen molar-refractivity contribution in [1.82, 2.24) is 0 Å². The highest BCUT2D eigenvalue weighted by molar-refractivity contribution is 5.93. The van der Waals surface area contributed by atoms with E-state index in [0.717, 1.165) is 34.2 Å². The van der Waals surface area contributed by atoms with Crippen LogP contribution in [0.1, 0.15) is 40.7 Å². The second-order valence-electron chi connectivity index (χ2n) is 7.24. The Morgan fingerprint density at radius 2 is 1.80 bits per heavy atom. The normalized spacial score (nSPS) is 18.0. The number of rotatable bonds is 2. The van der Waals surface area contributed by atoms with Crippen LogP contribution in [0.2, 0.25) is 0 Å². The number of hydrogen-bond donors (Lipinski definition) is 1. The molecule has 25 heavy (non-hydrogen) atoms. The van der Waals surface area contributed by atoms with E-state index in [1.165, 1.54) is 0 Å². The molecule has 1 saturated heterocycles. The summed E-state index contributed by atoms with van der Waals surface area (Å²) in [7, 11) is 0. The van der Waals surface area contributed by atoms with E-state index in [0.29, 0.717) is 22.5 Å². The third-order valence-corrected chi connectivity index (χ3v) is 5.48. The molecule has 0 spiro atoms. The first-order chi connectivity index (χ1) is 11.8. The van der Waals surface area contributed by atoms with Gasteiger partial charge in [0.05, 0.1) is 12.7 Å². The fraction of sp³-hybridized carbons (Fsp3) is 0.381. The number of aromatic hydroxyl groups is 1. The van der Waals surface area contributed by atoms with Gasteiger partial charge in [0.25, 0.3) is 0 Å². The van der Waals surface area contributed by atoms with Gasteiger partial charge in [-0.05, 0) is 56.5 Å². The predicted molar refractivity (Wildman–Crippen MR) is 97.9 cm³/mol. The number of hydrogen-bond acceptors (Lipinski definition) is 4. The molecule has 1 N–H and O–H groups in total. The maximum Gasteiger partial charge on any atom is 0.188 e. The molecule has 1 aromatic carbocycles. The lowest BCUT2D eigenvalue weighted by molar-refractivity contribution is 0.382. The van der Waals surface area contributed by atoms with Crippen LogP contribution in [-0.4, -0.2) is 17.8 Å². The lowest BCUT2D eigenvalue weighted by Crippen LogP contribution is -2.14. The minimum absolute atomic E-state index is 0.00543. The van der Waals surface area contributed by atoms with Crippen LogP contribution in [0, 0.1) is 27.7 Å². The molecule has 130 valence electrons. The van der Waals surface area contributed by atoms with Crippen molar-refractivity contribution in [3.63, 3.8) is 0 Å². The van der Waals surface area contributed by atoms with Crippen molar-refractivity contribution in [1.29, 1.82) is 0 Å². The van der Waals surface area contributed by atoms with Gasteiger partial charge < -0.3 is 14.3 Å². The van der Waals surface area contributed by atoms with E-state index in [-0.39, 0.29) is 23.2 Å². The molecule has 1 fully saturated rings. The van der Waals surface area contributed by atoms with Gasteiger partial charge in [-0.15, -0.1) is 0 Å². The minimum Gasteiger partial charge on any atom is -0.507 e. The van der Waals surface area contributed by atoms with E-state index >= 15 is 0 Å². The minimum atomic E-state index is 0.00543. The van der Waals surface area contributed by atoms with Gasteiger partial charge in [-0.3, -0.25) is 4.79 Å². The number of epoxide rings is 1. The second kappa shape index (κ2) is 5.33. The van der Waals surface area contributed by atoms with Crippen LogP contribution >= 0.6 is 0 Å². The lowest BCUT2D eigenvalue weighted by atomic mass is 9.85. The molecule has 0 saturated carbocycles. The number of ether oxygens (including phenoxy) is 1. The molecule has 4 heteroatoms. The summed E-state index contributed by atoms with van der Waals surface area (Å²) < 4.78 is 11.7. The van der Waals surface area contributed by atoms with Gasteiger partial charge in [0.2, 0.25) is 0 Å². The predicted octanol–water partition coefficient (Wildman–Crippen LogP) is 4.34. The molecule has 3 aliphatic rings. The molecule has 0 radical (unpaired) electrons. The molecule has 2 unspecified atom stereocenters. The average molecular weight is 338 g/mol. The van der Waals surface area contributed by atoms with Crippen molar-refractivity contribution >= 4 is 11.0 Å². The van der Waals surface area contributed by atoms with Gasteiger partial charge >= 0.3 is 0 Å². The number of phenols is 1. The molecular formula is C21H22O4. The highest BCUT2D eigenvalue weighted by atomic mass is 16.6. The van der Waals surface area contributed by atoms with E-state index in [9.17, 15) is 9.90 Å². The highest BCUT2D eigenvalue weighted by Crippen LogP contribution is 2.45. The van der Waals surface area contributed by atoms with Crippen LogP contribution in [0.3, 0.4) is 0 Å². The topological polar surface area (TPSA) is 63.0 Å². The van der Waals surface area contributed by atoms with Crippen molar-refractivity contribution in [3.8, 4) is 17.1 Å². The molecule has 2 atom stereocenters. The Hall–Kier alpha value is -2.33. The van der Waals surface area contributed by atoms with Gasteiger partial charge in [0.1, 0.15) is 17.1 Å². The summed E-state index contributed by atoms with van der Waals surface area (Å²) in [6.45, 7) is 10.3. The fourth-order valence-corrected chi connectivity index (χ4v) is 3.84. The van der Waals surface area contributed by atoms with Crippen molar-refractivity contribution in [2.75, 3.05) is 6.61 Å². The molecule has 4 rings (SSSR count). The first-order valence-corrected chi connectivity index (χ1v) is 8.62. The number of fused-ring (bicyclic) bond motifs is 2. The molecule has 2 heterocycles. The Bertz CT molecular complexity index is 1040. The van der Waals surface area contributed by atoms with Gasteiger partial charge in [0, 0.05) is 28.0 Å². The Morgan fingerprint density at radius 1 is 1.12 bits per heavy atom. The molecule has 0 aromatic heterocycles. The SMILES string of the molecule is Cc1cc2c(C(C)C3CO3)c3cc(C)c(=O)c(C)c-3oc2c(C)c1O. The Kier molecular flexibility index (Phi) is 3.45. The molecule has 4 nitrogen and oxygen atoms in total. The summed E-state index contributed by atoms with van der Waals surface area (Å²) in [6.07, 6.45) is 0.191. The van der Waals surface area contributed by atoms with Crippen LogP contribution in [0.5, 0.6) is 5.75 Å². The second-order valence-corrected chi connectivity index (χ2v) is 7.24. The molecule has 2 aliphatic heterocycles. The summed E-state index contributed by atoms with van der Waals surface area (Å²) in [4.78, 5) is 12.4. The van der Waals surface area contributed by atoms with Crippen molar-refractivity contribution in [2.24, 2.45) is 0 Å². The zero-order valence-corrected chi connectivity index (χ0v) is 15.2. The molecule has 0 bridgehead atoms. The molecule has 1 aromatic rings. The third-order valence-electron chi connectivity index (χ3n) is 5.48. The van der Waals surface area contributed by atoms with Crippen molar-refractivity contribution < 1.29 is 14.3 Å². The van der Waals surface area contributed by atoms with Crippen molar-refractivity contribution in [3.05, 3.63) is 50.2 Å². The zero-order chi connectivity index (χ0) is 18.0. The van der Waals surface area contributed by atoms with E-state index in [2.05, 4.69) is 6.92 Å². The summed E-state index contributed by atoms with van der Waals surface area (Å²) in [6, 6.07) is 3.91. The highest BCUT2D eigenvalue weighted by Gasteiger charge is 2.35.